The molecule has 1 heterocycles. The molecule has 0 radical (unpaired) electrons. The summed E-state index contributed by atoms with van der Waals surface area (Å²) in [6.45, 7) is 1.97. The summed E-state index contributed by atoms with van der Waals surface area (Å²) in [5.74, 6) is 0.564. The molecule has 54 valence electrons. The zero-order valence-electron chi connectivity index (χ0n) is 5.92. The summed E-state index contributed by atoms with van der Waals surface area (Å²) in [5, 5.41) is 0. The van der Waals surface area contributed by atoms with Gasteiger partial charge in [-0.2, -0.15) is 0 Å². The summed E-state index contributed by atoms with van der Waals surface area (Å²) in [7, 11) is 0. The molecule has 3 heteroatoms. The quantitative estimate of drug-likeness (QED) is 0.641. The van der Waals surface area contributed by atoms with Gasteiger partial charge in [-0.1, -0.05) is 6.92 Å². The molecule has 0 aromatic carbocycles. The standard InChI is InChI=1S/C7H10N2O/c1-2-3-6(10)7-8-4-5-9-7/h4-5H,2-3H2,1H3,(H,8,9). The van der Waals surface area contributed by atoms with Crippen molar-refractivity contribution in [2.75, 3.05) is 0 Å². The van der Waals surface area contributed by atoms with Gasteiger partial charge in [-0.25, -0.2) is 4.98 Å². The molecule has 0 unspecified atom stereocenters. The van der Waals surface area contributed by atoms with Crippen molar-refractivity contribution >= 4 is 5.78 Å². The third-order valence-electron chi connectivity index (χ3n) is 1.24. The van der Waals surface area contributed by atoms with Crippen LogP contribution < -0.4 is 0 Å². The Labute approximate surface area is 59.5 Å². The summed E-state index contributed by atoms with van der Waals surface area (Å²) < 4.78 is 0. The number of imidazole rings is 1. The molecule has 1 aromatic rings. The van der Waals surface area contributed by atoms with E-state index in [1.165, 1.54) is 0 Å². The Balaban J connectivity index is 2.59. The number of ketones is 1. The maximum Gasteiger partial charge on any atom is 0.198 e. The average Bonchev–Trinajstić information content (AvgIpc) is 2.38. The first-order chi connectivity index (χ1) is 4.84. The lowest BCUT2D eigenvalue weighted by Gasteiger charge is -1.90. The smallest absolute Gasteiger partial charge is 0.198 e. The van der Waals surface area contributed by atoms with Crippen LogP contribution >= 0.6 is 0 Å². The normalized spacial score (nSPS) is 9.70. The second kappa shape index (κ2) is 3.15. The molecular formula is C7H10N2O. The van der Waals surface area contributed by atoms with Crippen LogP contribution in [0.1, 0.15) is 30.4 Å². The fourth-order valence-electron chi connectivity index (χ4n) is 0.763. The van der Waals surface area contributed by atoms with E-state index in [0.717, 1.165) is 6.42 Å². The highest BCUT2D eigenvalue weighted by Gasteiger charge is 2.04. The van der Waals surface area contributed by atoms with Crippen LogP contribution in [0.3, 0.4) is 0 Å². The van der Waals surface area contributed by atoms with Gasteiger partial charge in [0.25, 0.3) is 0 Å². The summed E-state index contributed by atoms with van der Waals surface area (Å²) in [4.78, 5) is 17.6. The number of rotatable bonds is 3. The van der Waals surface area contributed by atoms with Crippen LogP contribution in [-0.2, 0) is 0 Å². The van der Waals surface area contributed by atoms with Crippen molar-refractivity contribution in [3.8, 4) is 0 Å². The van der Waals surface area contributed by atoms with Gasteiger partial charge >= 0.3 is 0 Å². The Morgan fingerprint density at radius 1 is 1.80 bits per heavy atom. The predicted molar refractivity (Wildman–Crippen MR) is 37.8 cm³/mol. The third-order valence-corrected chi connectivity index (χ3v) is 1.24. The van der Waals surface area contributed by atoms with E-state index in [9.17, 15) is 4.79 Å². The van der Waals surface area contributed by atoms with Crippen LogP contribution in [0.15, 0.2) is 12.4 Å². The van der Waals surface area contributed by atoms with Gasteiger partial charge in [-0.3, -0.25) is 4.79 Å². The van der Waals surface area contributed by atoms with Gasteiger partial charge in [-0.15, -0.1) is 0 Å². The Hall–Kier alpha value is -1.12. The van der Waals surface area contributed by atoms with Crippen LogP contribution in [0.4, 0.5) is 0 Å². The molecule has 0 saturated heterocycles. The number of Topliss-reactive ketones (excluding diaryl/α,β-unsaturated/α-hetero) is 1. The largest absolute Gasteiger partial charge is 0.342 e. The molecule has 10 heavy (non-hydrogen) atoms. The van der Waals surface area contributed by atoms with E-state index >= 15 is 0 Å². The van der Waals surface area contributed by atoms with Crippen LogP contribution in [0, 0.1) is 0 Å². The first-order valence-electron chi connectivity index (χ1n) is 3.37. The summed E-state index contributed by atoms with van der Waals surface area (Å²) in [6, 6.07) is 0. The summed E-state index contributed by atoms with van der Waals surface area (Å²) in [6.07, 6.45) is 4.69. The first kappa shape index (κ1) is 6.99. The molecule has 0 aliphatic carbocycles. The number of hydrogen-bond acceptors (Lipinski definition) is 2. The van der Waals surface area contributed by atoms with Crippen LogP contribution in [-0.4, -0.2) is 15.8 Å². The van der Waals surface area contributed by atoms with E-state index < -0.39 is 0 Å². The van der Waals surface area contributed by atoms with Gasteiger partial charge in [-0.05, 0) is 6.42 Å². The molecule has 0 spiro atoms. The zero-order valence-corrected chi connectivity index (χ0v) is 5.92. The number of aromatic amines is 1. The first-order valence-corrected chi connectivity index (χ1v) is 3.37. The van der Waals surface area contributed by atoms with Gasteiger partial charge in [0.2, 0.25) is 0 Å². The molecule has 0 fully saturated rings. The van der Waals surface area contributed by atoms with Crippen LogP contribution in [0.2, 0.25) is 0 Å². The number of H-pyrrole nitrogens is 1. The Kier molecular flexibility index (Phi) is 2.20. The number of carbonyl (C=O) groups excluding carboxylic acids is 1. The number of hydrogen-bond donors (Lipinski definition) is 1. The van der Waals surface area contributed by atoms with E-state index in [-0.39, 0.29) is 5.78 Å². The Morgan fingerprint density at radius 3 is 3.10 bits per heavy atom. The van der Waals surface area contributed by atoms with E-state index in [0.29, 0.717) is 12.2 Å². The molecule has 1 rings (SSSR count). The summed E-state index contributed by atoms with van der Waals surface area (Å²) >= 11 is 0. The number of carbonyl (C=O) groups is 1. The minimum atomic E-state index is 0.0903. The van der Waals surface area contributed by atoms with E-state index in [2.05, 4.69) is 9.97 Å². The van der Waals surface area contributed by atoms with Crippen molar-refractivity contribution < 1.29 is 4.79 Å². The van der Waals surface area contributed by atoms with Crippen molar-refractivity contribution in [2.24, 2.45) is 0 Å². The predicted octanol–water partition coefficient (Wildman–Crippen LogP) is 1.39. The molecular weight excluding hydrogens is 128 g/mol. The van der Waals surface area contributed by atoms with Crippen LogP contribution in [0.5, 0.6) is 0 Å². The van der Waals surface area contributed by atoms with Gasteiger partial charge in [0.15, 0.2) is 11.6 Å². The van der Waals surface area contributed by atoms with Crippen molar-refractivity contribution in [1.82, 2.24) is 9.97 Å². The molecule has 0 aliphatic heterocycles. The van der Waals surface area contributed by atoms with Gasteiger partial charge < -0.3 is 4.98 Å². The monoisotopic (exact) mass is 138 g/mol. The fourth-order valence-corrected chi connectivity index (χ4v) is 0.763. The van der Waals surface area contributed by atoms with Gasteiger partial charge in [0.1, 0.15) is 0 Å². The molecule has 0 bridgehead atoms. The number of nitrogens with one attached hydrogen (secondary N) is 1. The SMILES string of the molecule is CCCC(=O)c1ncc[nH]1. The van der Waals surface area contributed by atoms with E-state index in [1.54, 1.807) is 12.4 Å². The van der Waals surface area contributed by atoms with Gasteiger partial charge in [0, 0.05) is 18.8 Å². The van der Waals surface area contributed by atoms with E-state index in [4.69, 9.17) is 0 Å². The lowest BCUT2D eigenvalue weighted by molar-refractivity contribution is 0.0972. The number of nitrogens with zero attached hydrogens (tertiary/aromatic N) is 1. The third kappa shape index (κ3) is 1.43. The zero-order chi connectivity index (χ0) is 7.40. The van der Waals surface area contributed by atoms with Crippen molar-refractivity contribution in [3.63, 3.8) is 0 Å². The average molecular weight is 138 g/mol. The second-order valence-corrected chi connectivity index (χ2v) is 2.11. The second-order valence-electron chi connectivity index (χ2n) is 2.11. The minimum absolute atomic E-state index is 0.0903. The van der Waals surface area contributed by atoms with Crippen LogP contribution in [0.25, 0.3) is 0 Å². The fraction of sp³-hybridized carbons (Fsp3) is 0.429. The molecule has 0 atom stereocenters. The molecule has 0 saturated carbocycles. The molecule has 0 aliphatic rings. The maximum absolute atomic E-state index is 11.0. The molecule has 1 N–H and O–H groups in total. The molecule has 3 nitrogen and oxygen atoms in total. The van der Waals surface area contributed by atoms with Crippen molar-refractivity contribution in [1.29, 1.82) is 0 Å². The summed E-state index contributed by atoms with van der Waals surface area (Å²) in [5.41, 5.74) is 0. The lowest BCUT2D eigenvalue weighted by Crippen LogP contribution is -1.99. The molecule has 0 amide bonds. The van der Waals surface area contributed by atoms with E-state index in [1.807, 2.05) is 6.92 Å². The van der Waals surface area contributed by atoms with Gasteiger partial charge in [0.05, 0.1) is 0 Å². The highest BCUT2D eigenvalue weighted by molar-refractivity contribution is 5.92. The Morgan fingerprint density at radius 2 is 2.60 bits per heavy atom. The van der Waals surface area contributed by atoms with Crippen molar-refractivity contribution in [2.45, 2.75) is 19.8 Å². The number of aromatic nitrogens is 2. The maximum atomic E-state index is 11.0. The highest BCUT2D eigenvalue weighted by atomic mass is 16.1. The Bertz CT molecular complexity index is 203. The topological polar surface area (TPSA) is 45.8 Å². The van der Waals surface area contributed by atoms with Crippen molar-refractivity contribution in [3.05, 3.63) is 18.2 Å². The highest BCUT2D eigenvalue weighted by Crippen LogP contribution is 1.97. The lowest BCUT2D eigenvalue weighted by atomic mass is 10.2. The minimum Gasteiger partial charge on any atom is -0.342 e. The molecule has 1 aromatic heterocycles.